The minimum atomic E-state index is -2.02. The molecule has 6 amide bonds. The highest BCUT2D eigenvalue weighted by atomic mass is 32.1. The Hall–Kier alpha value is -7.82. The first-order chi connectivity index (χ1) is 42.3. The summed E-state index contributed by atoms with van der Waals surface area (Å²) in [5.74, 6) is -2.80. The number of anilines is 2. The second-order valence-electron chi connectivity index (χ2n) is 23.8. The third kappa shape index (κ3) is 15.9. The van der Waals surface area contributed by atoms with Gasteiger partial charge in [0.1, 0.15) is 17.9 Å². The summed E-state index contributed by atoms with van der Waals surface area (Å²) < 4.78 is 49.3. The van der Waals surface area contributed by atoms with Gasteiger partial charge in [-0.05, 0) is 67.3 Å². The zero-order valence-electron chi connectivity index (χ0n) is 49.8. The van der Waals surface area contributed by atoms with Gasteiger partial charge in [0.25, 0.3) is 11.8 Å². The van der Waals surface area contributed by atoms with Crippen LogP contribution in [0.5, 0.6) is 0 Å². The highest BCUT2D eigenvalue weighted by Crippen LogP contribution is 2.42. The number of aliphatic hydroxyl groups is 1. The number of nitrogens with zero attached hydrogens (tertiary/aromatic N) is 8. The number of imidazole rings is 1. The van der Waals surface area contributed by atoms with Gasteiger partial charge in [-0.1, -0.05) is 45.0 Å². The highest BCUT2D eigenvalue weighted by molar-refractivity contribution is 7.13. The molecule has 2 saturated heterocycles. The molecule has 2 aliphatic heterocycles. The molecule has 4 aliphatic rings. The Kier molecular flexibility index (Phi) is 20.2. The number of fused-ring (bicyclic) bond motifs is 1. The van der Waals surface area contributed by atoms with Crippen LogP contribution in [0.2, 0.25) is 0 Å². The first-order valence-electron chi connectivity index (χ1n) is 29.8. The lowest BCUT2D eigenvalue weighted by Gasteiger charge is -2.36. The maximum absolute atomic E-state index is 15.7. The van der Waals surface area contributed by atoms with Crippen molar-refractivity contribution < 1.29 is 56.9 Å². The van der Waals surface area contributed by atoms with Crippen molar-refractivity contribution in [3.63, 3.8) is 0 Å². The molecular formula is C61H76F2N14O10S. The molecule has 10 rings (SSSR count). The van der Waals surface area contributed by atoms with E-state index in [2.05, 4.69) is 46.7 Å². The maximum atomic E-state index is 15.7. The summed E-state index contributed by atoms with van der Waals surface area (Å²) in [4.78, 5) is 100. The number of halogens is 2. The highest BCUT2D eigenvalue weighted by Gasteiger charge is 2.53. The quantitative estimate of drug-likeness (QED) is 0.0331. The largest absolute Gasteiger partial charge is 0.391 e. The van der Waals surface area contributed by atoms with Crippen LogP contribution in [0.3, 0.4) is 0 Å². The Bertz CT molecular complexity index is 3430. The van der Waals surface area contributed by atoms with Gasteiger partial charge in [0.05, 0.1) is 110 Å². The fourth-order valence-corrected chi connectivity index (χ4v) is 11.5. The fourth-order valence-electron chi connectivity index (χ4n) is 10.7. The summed E-state index contributed by atoms with van der Waals surface area (Å²) in [6, 6.07) is 8.63. The van der Waals surface area contributed by atoms with Gasteiger partial charge in [-0.2, -0.15) is 5.10 Å². The van der Waals surface area contributed by atoms with Crippen LogP contribution in [-0.4, -0.2) is 201 Å². The average molecular weight is 1240 g/mol. The molecule has 2 saturated carbocycles. The lowest BCUT2D eigenvalue weighted by atomic mass is 9.85. The minimum Gasteiger partial charge on any atom is -0.391 e. The van der Waals surface area contributed by atoms with Crippen LogP contribution in [-0.2, 0) is 38.2 Å². The number of rotatable bonds is 28. The zero-order valence-corrected chi connectivity index (χ0v) is 50.6. The minimum absolute atomic E-state index is 0.0659. The molecule has 0 bridgehead atoms. The molecule has 7 N–H and O–H groups in total. The zero-order chi connectivity index (χ0) is 62.1. The number of H-pyrrole nitrogens is 1. The molecular weight excluding hydrogens is 1160 g/mol. The van der Waals surface area contributed by atoms with E-state index < -0.39 is 58.9 Å². The number of aromatic amines is 1. The average Bonchev–Trinajstić information content (AvgIpc) is 1.84. The number of alkyl halides is 1. The van der Waals surface area contributed by atoms with Crippen molar-refractivity contribution >= 4 is 63.9 Å². The van der Waals surface area contributed by atoms with E-state index in [1.54, 1.807) is 55.8 Å². The van der Waals surface area contributed by atoms with Gasteiger partial charge in [0, 0.05) is 81.7 Å². The van der Waals surface area contributed by atoms with Crippen LogP contribution in [0.25, 0.3) is 27.3 Å². The van der Waals surface area contributed by atoms with Crippen LogP contribution in [0, 0.1) is 18.2 Å². The summed E-state index contributed by atoms with van der Waals surface area (Å²) in [7, 11) is 0. The van der Waals surface area contributed by atoms with Crippen molar-refractivity contribution in [2.24, 2.45) is 5.41 Å². The predicted molar refractivity (Wildman–Crippen MR) is 321 cm³/mol. The molecule has 24 nitrogen and oxygen atoms in total. The van der Waals surface area contributed by atoms with Crippen LogP contribution in [0.4, 0.5) is 20.3 Å². The second-order valence-corrected chi connectivity index (χ2v) is 24.7. The second kappa shape index (κ2) is 28.1. The van der Waals surface area contributed by atoms with E-state index in [9.17, 15) is 38.3 Å². The Balaban J connectivity index is 0.592. The molecule has 6 heterocycles. The monoisotopic (exact) mass is 1230 g/mol. The number of hydrogen-bond acceptors (Lipinski definition) is 17. The van der Waals surface area contributed by atoms with E-state index in [1.807, 2.05) is 46.7 Å². The molecule has 4 atom stereocenters. The number of benzene rings is 2. The van der Waals surface area contributed by atoms with Gasteiger partial charge < -0.3 is 55.7 Å². The molecule has 88 heavy (non-hydrogen) atoms. The standard InChI is InChI=1S/C61H76F2N14O10S/c1-37-52(88-36-67-37)40-9-7-38(8-10-40)46(72-56(81)48-28-43(78)33-77(48)58(83)53(60(2,3)4)73-59(84)61(63)13-14-61)29-50(79)64-15-21-85-23-25-87-26-24-86-22-16-65-51(80)35-74-17-19-75(20-18-74)57(82)41-11-12-45(44(62)27-41)70-54-55-66-32-49(42-30-68-69-31-42)76(55)34-47(71-54)39-5-6-39/h7-12,27,30-32,34,36,39,43,46,48,53,78H,5-6,13-26,28-29,33,35H2,1-4H3,(H,64,79)(H,65,80)(H,68,69)(H,70,71)(H,72,81)(H,73,84)/t43-,46+,48+,53-/m1/s1. The van der Waals surface area contributed by atoms with Crippen molar-refractivity contribution in [2.45, 2.75) is 102 Å². The van der Waals surface area contributed by atoms with Gasteiger partial charge in [-0.25, -0.2) is 23.7 Å². The van der Waals surface area contributed by atoms with Crippen molar-refractivity contribution in [1.82, 2.24) is 65.5 Å². The molecule has 4 fully saturated rings. The number of nitrogens with one attached hydrogen (secondary N) is 6. The molecule has 4 aromatic heterocycles. The van der Waals surface area contributed by atoms with Crippen molar-refractivity contribution in [3.8, 4) is 21.7 Å². The maximum Gasteiger partial charge on any atom is 0.258 e. The Morgan fingerprint density at radius 1 is 0.864 bits per heavy atom. The summed E-state index contributed by atoms with van der Waals surface area (Å²) in [6.07, 6.45) is 8.11. The lowest BCUT2D eigenvalue weighted by Crippen LogP contribution is -2.59. The van der Waals surface area contributed by atoms with Crippen LogP contribution >= 0.6 is 11.3 Å². The van der Waals surface area contributed by atoms with Gasteiger partial charge in [0.2, 0.25) is 23.6 Å². The number of hydrogen-bond donors (Lipinski definition) is 7. The third-order valence-corrected chi connectivity index (χ3v) is 17.0. The lowest BCUT2D eigenvalue weighted by molar-refractivity contribution is -0.145. The predicted octanol–water partition coefficient (Wildman–Crippen LogP) is 4.59. The SMILES string of the molecule is Cc1ncsc1-c1ccc([C@H](CC(=O)NCCOCCOCCOCCNC(=O)CN2CCN(C(=O)c3ccc(Nc4nc(C5CC5)cn5c(-c6cn[nH]c6)cnc45)c(F)c3)CC2)NC(=O)[C@@H]2C[C@@H](O)CN2C(=O)[C@@H](NC(=O)C2(F)CC2)C(C)(C)C)cc1. The number of thiazole rings is 1. The van der Waals surface area contributed by atoms with E-state index in [0.717, 1.165) is 45.9 Å². The van der Waals surface area contributed by atoms with E-state index in [0.29, 0.717) is 55.7 Å². The number of carbonyl (C=O) groups is 6. The number of β-amino-alcohol motifs (C(OH)–C–C–N with tert-alkyl or cyclic N) is 1. The Morgan fingerprint density at radius 3 is 2.18 bits per heavy atom. The number of aryl methyl sites for hydroxylation is 1. The molecule has 2 aromatic carbocycles. The van der Waals surface area contributed by atoms with Crippen molar-refractivity contribution in [2.75, 3.05) is 97.3 Å². The number of aliphatic hydroxyl groups excluding tert-OH is 1. The number of carbonyl (C=O) groups excluding carboxylic acids is 6. The molecule has 0 spiro atoms. The molecule has 0 radical (unpaired) electrons. The van der Waals surface area contributed by atoms with E-state index in [4.69, 9.17) is 19.2 Å². The smallest absolute Gasteiger partial charge is 0.258 e. The first kappa shape index (κ1) is 63.2. The topological polar surface area (TPSA) is 292 Å². The van der Waals surface area contributed by atoms with Crippen molar-refractivity contribution in [1.29, 1.82) is 0 Å². The van der Waals surface area contributed by atoms with E-state index in [-0.39, 0.29) is 114 Å². The molecule has 27 heteroatoms. The summed E-state index contributed by atoms with van der Waals surface area (Å²) in [5.41, 5.74) is 4.77. The normalized spacial score (nSPS) is 18.2. The number of ether oxygens (including phenoxy) is 3. The van der Waals surface area contributed by atoms with E-state index >= 15 is 4.39 Å². The molecule has 2 aliphatic carbocycles. The van der Waals surface area contributed by atoms with E-state index in [1.165, 1.54) is 28.4 Å². The Morgan fingerprint density at radius 2 is 1.56 bits per heavy atom. The van der Waals surface area contributed by atoms with Crippen LogP contribution < -0.4 is 26.6 Å². The van der Waals surface area contributed by atoms with Gasteiger partial charge in [0.15, 0.2) is 17.1 Å². The first-order valence-corrected chi connectivity index (χ1v) is 30.7. The van der Waals surface area contributed by atoms with Gasteiger partial charge in [-0.3, -0.25) is 43.2 Å². The third-order valence-electron chi connectivity index (χ3n) is 16.1. The van der Waals surface area contributed by atoms with Gasteiger partial charge >= 0.3 is 0 Å². The number of piperazine rings is 1. The summed E-state index contributed by atoms with van der Waals surface area (Å²) in [5, 5.41) is 32.0. The van der Waals surface area contributed by atoms with Crippen molar-refractivity contribution in [3.05, 3.63) is 101 Å². The molecule has 6 aromatic rings. The van der Waals surface area contributed by atoms with Gasteiger partial charge in [-0.15, -0.1) is 11.3 Å². The Labute approximate surface area is 511 Å². The summed E-state index contributed by atoms with van der Waals surface area (Å²) >= 11 is 1.49. The number of aromatic nitrogens is 6. The molecule has 470 valence electrons. The fraction of sp³-hybridized carbons (Fsp3) is 0.508. The number of amides is 6. The molecule has 0 unspecified atom stereocenters. The number of likely N-dealkylation sites (tertiary alicyclic amines) is 1. The summed E-state index contributed by atoms with van der Waals surface area (Å²) in [6.45, 7) is 10.8. The van der Waals surface area contributed by atoms with Crippen LogP contribution in [0.15, 0.2) is 72.8 Å². The van der Waals surface area contributed by atoms with Crippen LogP contribution in [0.1, 0.15) is 98.6 Å².